The van der Waals surface area contributed by atoms with Crippen molar-refractivity contribution < 1.29 is 19.2 Å². The molecule has 0 heterocycles. The summed E-state index contributed by atoms with van der Waals surface area (Å²) >= 11 is 2.15. The first-order valence-corrected chi connectivity index (χ1v) is 7.58. The van der Waals surface area contributed by atoms with Crippen molar-refractivity contribution in [2.75, 3.05) is 19.0 Å². The number of carbonyl (C=O) groups is 1. The molecule has 120 valence electrons. The van der Waals surface area contributed by atoms with Gasteiger partial charge in [-0.3, -0.25) is 14.9 Å². The number of anilines is 1. The molecule has 0 radical (unpaired) electrons. The van der Waals surface area contributed by atoms with Gasteiger partial charge in [0, 0.05) is 9.64 Å². The number of halogens is 1. The maximum absolute atomic E-state index is 11.9. The van der Waals surface area contributed by atoms with Gasteiger partial charge in [0.2, 0.25) is 0 Å². The van der Waals surface area contributed by atoms with Gasteiger partial charge in [-0.2, -0.15) is 0 Å². The van der Waals surface area contributed by atoms with Crippen molar-refractivity contribution >= 4 is 39.9 Å². The van der Waals surface area contributed by atoms with Crippen molar-refractivity contribution in [1.82, 2.24) is 0 Å². The number of rotatable bonds is 6. The van der Waals surface area contributed by atoms with Crippen molar-refractivity contribution in [2.24, 2.45) is 0 Å². The van der Waals surface area contributed by atoms with Gasteiger partial charge in [0.15, 0.2) is 6.61 Å². The summed E-state index contributed by atoms with van der Waals surface area (Å²) in [5.41, 5.74) is 0.226. The van der Waals surface area contributed by atoms with Gasteiger partial charge < -0.3 is 14.8 Å². The minimum Gasteiger partial charge on any atom is -0.494 e. The molecule has 0 aliphatic carbocycles. The van der Waals surface area contributed by atoms with E-state index in [9.17, 15) is 14.9 Å². The Morgan fingerprint density at radius 1 is 1.30 bits per heavy atom. The molecule has 0 saturated heterocycles. The van der Waals surface area contributed by atoms with Crippen molar-refractivity contribution in [3.05, 3.63) is 56.1 Å². The van der Waals surface area contributed by atoms with Gasteiger partial charge in [-0.05, 0) is 46.9 Å². The molecule has 8 heteroatoms. The van der Waals surface area contributed by atoms with E-state index in [0.717, 1.165) is 3.57 Å². The normalized spacial score (nSPS) is 10.0. The zero-order chi connectivity index (χ0) is 16.8. The molecule has 2 rings (SSSR count). The maximum atomic E-state index is 11.9. The van der Waals surface area contributed by atoms with Gasteiger partial charge >= 0.3 is 0 Å². The van der Waals surface area contributed by atoms with E-state index in [4.69, 9.17) is 9.47 Å². The first kappa shape index (κ1) is 17.0. The van der Waals surface area contributed by atoms with Gasteiger partial charge in [0.1, 0.15) is 11.5 Å². The molecule has 7 nitrogen and oxygen atoms in total. The molecule has 0 aliphatic rings. The molecule has 0 bridgehead atoms. The van der Waals surface area contributed by atoms with Gasteiger partial charge in [0.05, 0.1) is 23.8 Å². The summed E-state index contributed by atoms with van der Waals surface area (Å²) < 4.78 is 11.4. The van der Waals surface area contributed by atoms with Crippen LogP contribution in [0.4, 0.5) is 11.4 Å². The Kier molecular flexibility index (Phi) is 5.74. The number of benzene rings is 2. The van der Waals surface area contributed by atoms with E-state index < -0.39 is 10.8 Å². The summed E-state index contributed by atoms with van der Waals surface area (Å²) in [5.74, 6) is 0.403. The Morgan fingerprint density at radius 2 is 2.09 bits per heavy atom. The predicted molar refractivity (Wildman–Crippen MR) is 92.9 cm³/mol. The number of amides is 1. The molecule has 0 fully saturated rings. The molecule has 0 spiro atoms. The molecule has 1 N–H and O–H groups in total. The summed E-state index contributed by atoms with van der Waals surface area (Å²) in [6, 6.07) is 11.3. The summed E-state index contributed by atoms with van der Waals surface area (Å²) in [6.45, 7) is -0.180. The lowest BCUT2D eigenvalue weighted by Crippen LogP contribution is -2.20. The van der Waals surface area contributed by atoms with Crippen LogP contribution in [0.15, 0.2) is 42.5 Å². The first-order valence-electron chi connectivity index (χ1n) is 6.50. The third-order valence-corrected chi connectivity index (χ3v) is 3.51. The number of nitrogens with zero attached hydrogens (tertiary/aromatic N) is 1. The van der Waals surface area contributed by atoms with Crippen molar-refractivity contribution in [2.45, 2.75) is 0 Å². The van der Waals surface area contributed by atoms with Crippen molar-refractivity contribution in [3.63, 3.8) is 0 Å². The average molecular weight is 428 g/mol. The van der Waals surface area contributed by atoms with E-state index in [0.29, 0.717) is 11.4 Å². The van der Waals surface area contributed by atoms with Gasteiger partial charge in [0.25, 0.3) is 11.6 Å². The topological polar surface area (TPSA) is 90.7 Å². The fraction of sp³-hybridized carbons (Fsp3) is 0.133. The number of ether oxygens (including phenoxy) is 2. The third-order valence-electron chi connectivity index (χ3n) is 2.84. The lowest BCUT2D eigenvalue weighted by atomic mass is 10.2. The van der Waals surface area contributed by atoms with Crippen LogP contribution < -0.4 is 14.8 Å². The second kappa shape index (κ2) is 7.77. The minimum atomic E-state index is -0.533. The molecule has 23 heavy (non-hydrogen) atoms. The van der Waals surface area contributed by atoms with E-state index in [2.05, 4.69) is 27.9 Å². The van der Waals surface area contributed by atoms with Crippen LogP contribution in [0.1, 0.15) is 0 Å². The standard InChI is InChI=1S/C15H13IN2O5/c1-22-14-8-11(18(20)21)5-6-13(14)17-15(19)9-23-12-4-2-3-10(16)7-12/h2-8H,9H2,1H3,(H,17,19). The molecular formula is C15H13IN2O5. The van der Waals surface area contributed by atoms with Crippen LogP contribution in [-0.2, 0) is 4.79 Å². The van der Waals surface area contributed by atoms with E-state index in [1.165, 1.54) is 25.3 Å². The Morgan fingerprint density at radius 3 is 2.74 bits per heavy atom. The Balaban J connectivity index is 2.01. The molecule has 0 aliphatic heterocycles. The number of nitro groups is 1. The van der Waals surface area contributed by atoms with E-state index in [1.807, 2.05) is 12.1 Å². The van der Waals surface area contributed by atoms with Crippen LogP contribution in [0, 0.1) is 13.7 Å². The van der Waals surface area contributed by atoms with Gasteiger partial charge in [-0.25, -0.2) is 0 Å². The van der Waals surface area contributed by atoms with Gasteiger partial charge in [-0.1, -0.05) is 6.07 Å². The Bertz CT molecular complexity index is 736. The second-order valence-electron chi connectivity index (χ2n) is 4.44. The molecule has 2 aromatic carbocycles. The fourth-order valence-electron chi connectivity index (χ4n) is 1.79. The van der Waals surface area contributed by atoms with E-state index in [1.54, 1.807) is 12.1 Å². The number of methoxy groups -OCH3 is 1. The average Bonchev–Trinajstić information content (AvgIpc) is 2.53. The van der Waals surface area contributed by atoms with Crippen LogP contribution in [0.5, 0.6) is 11.5 Å². The molecule has 1 amide bonds. The molecule has 0 unspecified atom stereocenters. The SMILES string of the molecule is COc1cc([N+](=O)[O-])ccc1NC(=O)COc1cccc(I)c1. The lowest BCUT2D eigenvalue weighted by molar-refractivity contribution is -0.384. The Hall–Kier alpha value is -2.36. The van der Waals surface area contributed by atoms with Crippen LogP contribution in [0.2, 0.25) is 0 Å². The number of non-ortho nitro benzene ring substituents is 1. The second-order valence-corrected chi connectivity index (χ2v) is 5.68. The summed E-state index contributed by atoms with van der Waals surface area (Å²) in [5, 5.41) is 13.3. The zero-order valence-corrected chi connectivity index (χ0v) is 14.3. The third kappa shape index (κ3) is 4.81. The highest BCUT2D eigenvalue weighted by atomic mass is 127. The number of nitro benzene ring substituents is 1. The zero-order valence-electron chi connectivity index (χ0n) is 12.1. The van der Waals surface area contributed by atoms with Crippen molar-refractivity contribution in [1.29, 1.82) is 0 Å². The molecule has 2 aromatic rings. The summed E-state index contributed by atoms with van der Waals surface area (Å²) in [4.78, 5) is 22.1. The van der Waals surface area contributed by atoms with Crippen molar-refractivity contribution in [3.8, 4) is 11.5 Å². The number of nitrogens with one attached hydrogen (secondary N) is 1. The number of carbonyl (C=O) groups excluding carboxylic acids is 1. The van der Waals surface area contributed by atoms with Gasteiger partial charge in [-0.15, -0.1) is 0 Å². The maximum Gasteiger partial charge on any atom is 0.273 e. The van der Waals surface area contributed by atoms with Crippen LogP contribution in [0.25, 0.3) is 0 Å². The fourth-order valence-corrected chi connectivity index (χ4v) is 2.30. The number of hydrogen-bond donors (Lipinski definition) is 1. The molecule has 0 atom stereocenters. The number of hydrogen-bond acceptors (Lipinski definition) is 5. The lowest BCUT2D eigenvalue weighted by Gasteiger charge is -2.11. The van der Waals surface area contributed by atoms with Crippen LogP contribution in [0.3, 0.4) is 0 Å². The van der Waals surface area contributed by atoms with Crippen LogP contribution in [-0.4, -0.2) is 24.5 Å². The molecule has 0 saturated carbocycles. The summed E-state index contributed by atoms with van der Waals surface area (Å²) in [7, 11) is 1.37. The Labute approximate surface area is 145 Å². The minimum absolute atomic E-state index is 0.116. The first-order chi connectivity index (χ1) is 11.0. The summed E-state index contributed by atoms with van der Waals surface area (Å²) in [6.07, 6.45) is 0. The van der Waals surface area contributed by atoms with E-state index >= 15 is 0 Å². The monoisotopic (exact) mass is 428 g/mol. The highest BCUT2D eigenvalue weighted by molar-refractivity contribution is 14.1. The molecule has 0 aromatic heterocycles. The smallest absolute Gasteiger partial charge is 0.273 e. The van der Waals surface area contributed by atoms with E-state index in [-0.39, 0.29) is 18.0 Å². The molecular weight excluding hydrogens is 415 g/mol. The van der Waals surface area contributed by atoms with Crippen LogP contribution >= 0.6 is 22.6 Å². The highest BCUT2D eigenvalue weighted by Gasteiger charge is 2.13. The quantitative estimate of drug-likeness (QED) is 0.434. The largest absolute Gasteiger partial charge is 0.494 e. The predicted octanol–water partition coefficient (Wildman–Crippen LogP) is 3.23. The highest BCUT2D eigenvalue weighted by Crippen LogP contribution is 2.28.